The van der Waals surface area contributed by atoms with Gasteiger partial charge in [0, 0.05) is 29.6 Å². The minimum Gasteiger partial charge on any atom is -0.493 e. The van der Waals surface area contributed by atoms with Crippen LogP contribution in [-0.2, 0) is 13.0 Å². The van der Waals surface area contributed by atoms with E-state index in [2.05, 4.69) is 22.4 Å². The number of benzene rings is 2. The second kappa shape index (κ2) is 8.23. The number of hydrogen-bond donors (Lipinski definition) is 0. The van der Waals surface area contributed by atoms with Crippen LogP contribution in [0.2, 0.25) is 0 Å². The molecule has 1 aliphatic heterocycles. The lowest BCUT2D eigenvalue weighted by Gasteiger charge is -2.37. The number of fused-ring (bicyclic) bond motifs is 1. The van der Waals surface area contributed by atoms with Crippen molar-refractivity contribution < 1.29 is 14.4 Å². The minimum absolute atomic E-state index is 0.0124. The predicted molar refractivity (Wildman–Crippen MR) is 113 cm³/mol. The summed E-state index contributed by atoms with van der Waals surface area (Å²) in [7, 11) is 3.28. The van der Waals surface area contributed by atoms with Gasteiger partial charge in [0.2, 0.25) is 0 Å². The Balaban J connectivity index is 1.78. The van der Waals surface area contributed by atoms with Gasteiger partial charge in [-0.3, -0.25) is 15.0 Å². The number of nitro benzene ring substituents is 1. The molecule has 0 amide bonds. The Morgan fingerprint density at radius 2 is 1.90 bits per heavy atom. The van der Waals surface area contributed by atoms with Gasteiger partial charge in [0.05, 0.1) is 25.2 Å². The van der Waals surface area contributed by atoms with Crippen molar-refractivity contribution in [2.24, 2.45) is 0 Å². The van der Waals surface area contributed by atoms with Gasteiger partial charge < -0.3 is 9.47 Å². The van der Waals surface area contributed by atoms with Crippen molar-refractivity contribution in [2.45, 2.75) is 19.0 Å². The Hall–Kier alpha value is -2.90. The molecule has 2 aromatic carbocycles. The molecule has 2 heterocycles. The zero-order chi connectivity index (χ0) is 20.4. The van der Waals surface area contributed by atoms with Crippen molar-refractivity contribution in [1.82, 2.24) is 4.90 Å². The van der Waals surface area contributed by atoms with Gasteiger partial charge in [-0.25, -0.2) is 0 Å². The van der Waals surface area contributed by atoms with Crippen LogP contribution in [0.15, 0.2) is 53.9 Å². The van der Waals surface area contributed by atoms with Crippen molar-refractivity contribution in [1.29, 1.82) is 0 Å². The van der Waals surface area contributed by atoms with Crippen LogP contribution >= 0.6 is 11.3 Å². The predicted octanol–water partition coefficient (Wildman–Crippen LogP) is 4.82. The molecule has 0 saturated heterocycles. The Labute approximate surface area is 173 Å². The highest BCUT2D eigenvalue weighted by molar-refractivity contribution is 7.10. The highest BCUT2D eigenvalue weighted by atomic mass is 32.1. The smallest absolute Gasteiger partial charge is 0.273 e. The Morgan fingerprint density at radius 3 is 2.59 bits per heavy atom. The molecule has 0 saturated carbocycles. The summed E-state index contributed by atoms with van der Waals surface area (Å²) in [5.41, 5.74) is 3.27. The average Bonchev–Trinajstić information content (AvgIpc) is 3.27. The molecule has 6 nitrogen and oxygen atoms in total. The molecule has 7 heteroatoms. The molecule has 0 spiro atoms. The first-order valence-electron chi connectivity index (χ1n) is 9.37. The largest absolute Gasteiger partial charge is 0.493 e. The third-order valence-electron chi connectivity index (χ3n) is 5.35. The van der Waals surface area contributed by atoms with Crippen LogP contribution in [0.25, 0.3) is 0 Å². The van der Waals surface area contributed by atoms with Crippen LogP contribution in [0.5, 0.6) is 11.5 Å². The van der Waals surface area contributed by atoms with Crippen LogP contribution in [0.3, 0.4) is 0 Å². The van der Waals surface area contributed by atoms with Crippen molar-refractivity contribution in [3.8, 4) is 11.5 Å². The topological polar surface area (TPSA) is 64.8 Å². The summed E-state index contributed by atoms with van der Waals surface area (Å²) in [6.45, 7) is 1.31. The van der Waals surface area contributed by atoms with Crippen LogP contribution in [0.1, 0.15) is 27.6 Å². The molecular formula is C22H22N2O4S. The number of nitro groups is 1. The zero-order valence-electron chi connectivity index (χ0n) is 16.3. The molecule has 3 aromatic rings. The number of thiophene rings is 1. The van der Waals surface area contributed by atoms with E-state index in [1.54, 1.807) is 37.7 Å². The number of rotatable bonds is 6. The molecule has 1 aliphatic rings. The first-order valence-corrected chi connectivity index (χ1v) is 10.2. The number of hydrogen-bond acceptors (Lipinski definition) is 6. The highest BCUT2D eigenvalue weighted by Gasteiger charge is 2.32. The van der Waals surface area contributed by atoms with Crippen LogP contribution in [-0.4, -0.2) is 30.6 Å². The van der Waals surface area contributed by atoms with Crippen LogP contribution in [0.4, 0.5) is 5.69 Å². The van der Waals surface area contributed by atoms with Crippen molar-refractivity contribution in [3.05, 3.63) is 85.6 Å². The third kappa shape index (κ3) is 3.71. The van der Waals surface area contributed by atoms with Gasteiger partial charge in [-0.15, -0.1) is 11.3 Å². The fraction of sp³-hybridized carbons (Fsp3) is 0.273. The lowest BCUT2D eigenvalue weighted by atomic mass is 9.90. The highest BCUT2D eigenvalue weighted by Crippen LogP contribution is 2.43. The molecule has 1 atom stereocenters. The van der Waals surface area contributed by atoms with E-state index >= 15 is 0 Å². The summed E-state index contributed by atoms with van der Waals surface area (Å²) in [6.07, 6.45) is 0.845. The van der Waals surface area contributed by atoms with E-state index in [0.717, 1.165) is 29.8 Å². The van der Waals surface area contributed by atoms with Gasteiger partial charge in [-0.05, 0) is 41.1 Å². The molecule has 0 bridgehead atoms. The number of ether oxygens (including phenoxy) is 2. The van der Waals surface area contributed by atoms with Crippen molar-refractivity contribution >= 4 is 17.0 Å². The molecule has 1 unspecified atom stereocenters. The molecule has 0 fully saturated rings. The van der Waals surface area contributed by atoms with Gasteiger partial charge in [-0.2, -0.15) is 0 Å². The molecule has 150 valence electrons. The van der Waals surface area contributed by atoms with Crippen molar-refractivity contribution in [2.75, 3.05) is 20.8 Å². The Morgan fingerprint density at radius 1 is 1.14 bits per heavy atom. The number of methoxy groups -OCH3 is 2. The summed E-state index contributed by atoms with van der Waals surface area (Å²) in [4.78, 5) is 14.7. The second-order valence-corrected chi connectivity index (χ2v) is 7.91. The molecule has 0 radical (unpaired) electrons. The van der Waals surface area contributed by atoms with E-state index in [0.29, 0.717) is 12.3 Å². The van der Waals surface area contributed by atoms with Gasteiger partial charge in [0.1, 0.15) is 0 Å². The molecule has 29 heavy (non-hydrogen) atoms. The first kappa shape index (κ1) is 19.4. The average molecular weight is 410 g/mol. The fourth-order valence-electron chi connectivity index (χ4n) is 3.99. The summed E-state index contributed by atoms with van der Waals surface area (Å²) in [6, 6.07) is 15.2. The Kier molecular flexibility index (Phi) is 5.51. The third-order valence-corrected chi connectivity index (χ3v) is 6.27. The minimum atomic E-state index is -0.304. The van der Waals surface area contributed by atoms with E-state index in [9.17, 15) is 10.1 Å². The standard InChI is InChI=1S/C22H22N2O4S/c1-27-19-12-15-9-10-23(14-16-6-3-4-7-18(16)24(25)26)22(21-8-5-11-29-21)17(15)13-20(19)28-2/h3-8,11-13,22H,9-10,14H2,1-2H3. The molecule has 1 aromatic heterocycles. The van der Waals surface area contributed by atoms with Gasteiger partial charge in [-0.1, -0.05) is 24.3 Å². The van der Waals surface area contributed by atoms with E-state index < -0.39 is 0 Å². The monoisotopic (exact) mass is 410 g/mol. The SMILES string of the molecule is COc1cc2c(cc1OC)C(c1cccs1)N(Cc1ccccc1[N+](=O)[O-])CC2. The summed E-state index contributed by atoms with van der Waals surface area (Å²) < 4.78 is 11.0. The fourth-order valence-corrected chi connectivity index (χ4v) is 4.87. The van der Waals surface area contributed by atoms with Gasteiger partial charge >= 0.3 is 0 Å². The molecule has 0 aliphatic carbocycles. The summed E-state index contributed by atoms with van der Waals surface area (Å²) >= 11 is 1.69. The lowest BCUT2D eigenvalue weighted by Crippen LogP contribution is -2.35. The second-order valence-electron chi connectivity index (χ2n) is 6.93. The van der Waals surface area contributed by atoms with Crippen LogP contribution < -0.4 is 9.47 Å². The van der Waals surface area contributed by atoms with Crippen LogP contribution in [0, 0.1) is 10.1 Å². The van der Waals surface area contributed by atoms with Gasteiger partial charge in [0.15, 0.2) is 11.5 Å². The molecular weight excluding hydrogens is 388 g/mol. The first-order chi connectivity index (χ1) is 14.1. The lowest BCUT2D eigenvalue weighted by molar-refractivity contribution is -0.385. The zero-order valence-corrected chi connectivity index (χ0v) is 17.1. The normalized spacial score (nSPS) is 16.3. The van der Waals surface area contributed by atoms with Crippen molar-refractivity contribution in [3.63, 3.8) is 0 Å². The summed E-state index contributed by atoms with van der Waals surface area (Å²) in [5.74, 6) is 1.42. The number of para-hydroxylation sites is 1. The maximum atomic E-state index is 11.5. The molecule has 0 N–H and O–H groups in total. The van der Waals surface area contributed by atoms with E-state index in [-0.39, 0.29) is 16.7 Å². The molecule has 4 rings (SSSR count). The Bertz CT molecular complexity index is 1020. The van der Waals surface area contributed by atoms with Gasteiger partial charge in [0.25, 0.3) is 5.69 Å². The number of nitrogens with zero attached hydrogens (tertiary/aromatic N) is 2. The quantitative estimate of drug-likeness (QED) is 0.431. The van der Waals surface area contributed by atoms with E-state index in [1.807, 2.05) is 24.3 Å². The maximum absolute atomic E-state index is 11.5. The van der Waals surface area contributed by atoms with E-state index in [1.165, 1.54) is 10.4 Å². The maximum Gasteiger partial charge on any atom is 0.273 e. The van der Waals surface area contributed by atoms with E-state index in [4.69, 9.17) is 9.47 Å². The summed E-state index contributed by atoms with van der Waals surface area (Å²) in [5, 5.41) is 13.5.